The average molecular weight is 315 g/mol. The van der Waals surface area contributed by atoms with Crippen molar-refractivity contribution in [1.29, 1.82) is 0 Å². The zero-order valence-electron chi connectivity index (χ0n) is 12.3. The van der Waals surface area contributed by atoms with Gasteiger partial charge in [0.2, 0.25) is 0 Å². The SMILES string of the molecule is CC(C)(C)S(=O)(=O)CCN[C@@H]1CCC[C@@H](C(F)(F)F)C1. The van der Waals surface area contributed by atoms with Gasteiger partial charge in [0, 0.05) is 12.6 Å². The zero-order chi connectivity index (χ0) is 15.6. The Balaban J connectivity index is 2.43. The molecule has 0 bridgehead atoms. The molecule has 0 aliphatic heterocycles. The highest BCUT2D eigenvalue weighted by atomic mass is 32.2. The Morgan fingerprint density at radius 2 is 1.75 bits per heavy atom. The van der Waals surface area contributed by atoms with Gasteiger partial charge in [0.25, 0.3) is 0 Å². The molecule has 1 aliphatic carbocycles. The van der Waals surface area contributed by atoms with Gasteiger partial charge in [-0.05, 0) is 40.0 Å². The van der Waals surface area contributed by atoms with E-state index in [1.165, 1.54) is 0 Å². The van der Waals surface area contributed by atoms with Crippen molar-refractivity contribution >= 4 is 9.84 Å². The van der Waals surface area contributed by atoms with Crippen molar-refractivity contribution in [2.24, 2.45) is 5.92 Å². The van der Waals surface area contributed by atoms with E-state index in [0.717, 1.165) is 0 Å². The first-order chi connectivity index (χ1) is 8.93. The molecular formula is C13H24F3NO2S. The predicted molar refractivity (Wildman–Crippen MR) is 73.3 cm³/mol. The van der Waals surface area contributed by atoms with Crippen LogP contribution in [0.1, 0.15) is 46.5 Å². The van der Waals surface area contributed by atoms with Crippen LogP contribution in [0, 0.1) is 5.92 Å². The van der Waals surface area contributed by atoms with Gasteiger partial charge in [0.05, 0.1) is 16.4 Å². The lowest BCUT2D eigenvalue weighted by atomic mass is 9.85. The van der Waals surface area contributed by atoms with Crippen molar-refractivity contribution in [3.8, 4) is 0 Å². The number of halogens is 3. The third-order valence-electron chi connectivity index (χ3n) is 3.87. The van der Waals surface area contributed by atoms with Crippen molar-refractivity contribution in [3.05, 3.63) is 0 Å². The lowest BCUT2D eigenvalue weighted by molar-refractivity contribution is -0.183. The molecule has 0 radical (unpaired) electrons. The van der Waals surface area contributed by atoms with E-state index in [0.29, 0.717) is 12.8 Å². The van der Waals surface area contributed by atoms with Crippen LogP contribution in [-0.2, 0) is 9.84 Å². The Hall–Kier alpha value is -0.300. The summed E-state index contributed by atoms with van der Waals surface area (Å²) >= 11 is 0. The molecule has 7 heteroatoms. The van der Waals surface area contributed by atoms with Gasteiger partial charge in [0.15, 0.2) is 9.84 Å². The lowest BCUT2D eigenvalue weighted by Gasteiger charge is -2.31. The molecule has 1 rings (SSSR count). The minimum atomic E-state index is -4.14. The molecule has 0 unspecified atom stereocenters. The lowest BCUT2D eigenvalue weighted by Crippen LogP contribution is -2.42. The second-order valence-electron chi connectivity index (χ2n) is 6.49. The van der Waals surface area contributed by atoms with E-state index in [9.17, 15) is 21.6 Å². The van der Waals surface area contributed by atoms with Crippen LogP contribution in [0.5, 0.6) is 0 Å². The van der Waals surface area contributed by atoms with Gasteiger partial charge in [-0.15, -0.1) is 0 Å². The van der Waals surface area contributed by atoms with Gasteiger partial charge in [-0.2, -0.15) is 13.2 Å². The van der Waals surface area contributed by atoms with Gasteiger partial charge in [-0.1, -0.05) is 6.42 Å². The monoisotopic (exact) mass is 315 g/mol. The van der Waals surface area contributed by atoms with Crippen LogP contribution in [0.4, 0.5) is 13.2 Å². The van der Waals surface area contributed by atoms with E-state index >= 15 is 0 Å². The molecular weight excluding hydrogens is 291 g/mol. The minimum Gasteiger partial charge on any atom is -0.313 e. The molecule has 0 saturated heterocycles. The maximum atomic E-state index is 12.7. The first kappa shape index (κ1) is 17.8. The normalized spacial score (nSPS) is 25.7. The molecule has 2 atom stereocenters. The Morgan fingerprint density at radius 3 is 2.25 bits per heavy atom. The van der Waals surface area contributed by atoms with E-state index in [2.05, 4.69) is 5.32 Å². The summed E-state index contributed by atoms with van der Waals surface area (Å²) in [5.41, 5.74) is 0. The van der Waals surface area contributed by atoms with Crippen molar-refractivity contribution in [1.82, 2.24) is 5.32 Å². The number of nitrogens with one attached hydrogen (secondary N) is 1. The summed E-state index contributed by atoms with van der Waals surface area (Å²) in [6.07, 6.45) is -2.69. The highest BCUT2D eigenvalue weighted by Crippen LogP contribution is 2.37. The second-order valence-corrected chi connectivity index (χ2v) is 9.35. The van der Waals surface area contributed by atoms with Crippen LogP contribution in [0.25, 0.3) is 0 Å². The van der Waals surface area contributed by atoms with Crippen LogP contribution in [0.3, 0.4) is 0 Å². The molecule has 0 amide bonds. The molecule has 0 aromatic carbocycles. The average Bonchev–Trinajstić information content (AvgIpc) is 2.26. The van der Waals surface area contributed by atoms with Gasteiger partial charge in [-0.3, -0.25) is 0 Å². The fraction of sp³-hybridized carbons (Fsp3) is 1.00. The van der Waals surface area contributed by atoms with Crippen LogP contribution in [0.15, 0.2) is 0 Å². The quantitative estimate of drug-likeness (QED) is 0.867. The summed E-state index contributed by atoms with van der Waals surface area (Å²) in [5.74, 6) is -1.29. The maximum Gasteiger partial charge on any atom is 0.391 e. The summed E-state index contributed by atoms with van der Waals surface area (Å²) in [5, 5.41) is 2.97. The van der Waals surface area contributed by atoms with Gasteiger partial charge in [-0.25, -0.2) is 8.42 Å². The molecule has 0 aromatic heterocycles. The molecule has 1 aliphatic rings. The van der Waals surface area contributed by atoms with Crippen molar-refractivity contribution in [2.45, 2.75) is 63.4 Å². The topological polar surface area (TPSA) is 46.2 Å². The molecule has 1 N–H and O–H groups in total. The van der Waals surface area contributed by atoms with Gasteiger partial charge in [0.1, 0.15) is 0 Å². The van der Waals surface area contributed by atoms with E-state index < -0.39 is 26.7 Å². The van der Waals surface area contributed by atoms with Crippen LogP contribution >= 0.6 is 0 Å². The molecule has 120 valence electrons. The zero-order valence-corrected chi connectivity index (χ0v) is 13.1. The second kappa shape index (κ2) is 6.22. The number of hydrogen-bond donors (Lipinski definition) is 1. The van der Waals surface area contributed by atoms with E-state index in [-0.39, 0.29) is 31.2 Å². The summed E-state index contributed by atoms with van der Waals surface area (Å²) in [4.78, 5) is 0. The Bertz CT molecular complexity index is 412. The Morgan fingerprint density at radius 1 is 1.15 bits per heavy atom. The van der Waals surface area contributed by atoms with Crippen molar-refractivity contribution in [2.75, 3.05) is 12.3 Å². The largest absolute Gasteiger partial charge is 0.391 e. The summed E-state index contributed by atoms with van der Waals surface area (Å²) in [6, 6.07) is -0.231. The van der Waals surface area contributed by atoms with Crippen LogP contribution in [-0.4, -0.2) is 37.7 Å². The summed E-state index contributed by atoms with van der Waals surface area (Å²) < 4.78 is 60.9. The Labute approximate surface area is 119 Å². The first-order valence-corrected chi connectivity index (χ1v) is 8.61. The maximum absolute atomic E-state index is 12.7. The number of alkyl halides is 3. The molecule has 0 spiro atoms. The molecule has 20 heavy (non-hydrogen) atoms. The summed E-state index contributed by atoms with van der Waals surface area (Å²) in [6.45, 7) is 5.10. The minimum absolute atomic E-state index is 0.0380. The molecule has 0 aromatic rings. The Kier molecular flexibility index (Phi) is 5.52. The predicted octanol–water partition coefficient (Wildman–Crippen LogP) is 2.91. The smallest absolute Gasteiger partial charge is 0.313 e. The van der Waals surface area contributed by atoms with Gasteiger partial charge < -0.3 is 5.32 Å². The number of sulfone groups is 1. The molecule has 1 saturated carbocycles. The van der Waals surface area contributed by atoms with Gasteiger partial charge >= 0.3 is 6.18 Å². The first-order valence-electron chi connectivity index (χ1n) is 6.96. The summed E-state index contributed by atoms with van der Waals surface area (Å²) in [7, 11) is -3.23. The van der Waals surface area contributed by atoms with E-state index in [1.54, 1.807) is 20.8 Å². The van der Waals surface area contributed by atoms with E-state index in [1.807, 2.05) is 0 Å². The number of hydrogen-bond acceptors (Lipinski definition) is 3. The van der Waals surface area contributed by atoms with Crippen LogP contribution < -0.4 is 5.32 Å². The molecule has 3 nitrogen and oxygen atoms in total. The van der Waals surface area contributed by atoms with Crippen molar-refractivity contribution < 1.29 is 21.6 Å². The van der Waals surface area contributed by atoms with Crippen LogP contribution in [0.2, 0.25) is 0 Å². The third kappa shape index (κ3) is 4.91. The standard InChI is InChI=1S/C13H24F3NO2S/c1-12(2,3)20(18,19)8-7-17-11-6-4-5-10(9-11)13(14,15)16/h10-11,17H,4-9H2,1-3H3/t10-,11-/m1/s1. The number of rotatable bonds is 4. The van der Waals surface area contributed by atoms with E-state index in [4.69, 9.17) is 0 Å². The third-order valence-corrected chi connectivity index (χ3v) is 6.48. The fourth-order valence-corrected chi connectivity index (χ4v) is 3.38. The molecule has 1 fully saturated rings. The molecule has 0 heterocycles. The fourth-order valence-electron chi connectivity index (χ4n) is 2.38. The highest BCUT2D eigenvalue weighted by Gasteiger charge is 2.42. The highest BCUT2D eigenvalue weighted by molar-refractivity contribution is 7.92. The van der Waals surface area contributed by atoms with Crippen molar-refractivity contribution in [3.63, 3.8) is 0 Å².